The first-order valence-electron chi connectivity index (χ1n) is 10.6. The zero-order valence-corrected chi connectivity index (χ0v) is 18.0. The summed E-state index contributed by atoms with van der Waals surface area (Å²) < 4.78 is 15.7. The summed E-state index contributed by atoms with van der Waals surface area (Å²) in [5.41, 5.74) is 3.38. The normalized spacial score (nSPS) is 14.9. The van der Waals surface area contributed by atoms with E-state index in [2.05, 4.69) is 4.57 Å². The Morgan fingerprint density at radius 3 is 2.32 bits per heavy atom. The summed E-state index contributed by atoms with van der Waals surface area (Å²) in [6.07, 6.45) is 2.31. The Morgan fingerprint density at radius 1 is 1.00 bits per heavy atom. The minimum Gasteiger partial charge on any atom is -0.331 e. The molecule has 3 aromatic rings. The fourth-order valence-corrected chi connectivity index (χ4v) is 4.21. The van der Waals surface area contributed by atoms with Gasteiger partial charge in [0.15, 0.2) is 0 Å². The highest BCUT2D eigenvalue weighted by Crippen LogP contribution is 2.42. The maximum Gasteiger partial charge on any atom is 0.247 e. The maximum absolute atomic E-state index is 13.7. The van der Waals surface area contributed by atoms with Crippen LogP contribution in [0.2, 0.25) is 0 Å². The molecule has 0 fully saturated rings. The van der Waals surface area contributed by atoms with E-state index in [1.54, 1.807) is 28.9 Å². The van der Waals surface area contributed by atoms with Crippen molar-refractivity contribution in [2.24, 2.45) is 0 Å². The number of carbonyl (C=O) groups excluding carboxylic acids is 2. The second-order valence-corrected chi connectivity index (χ2v) is 7.98. The van der Waals surface area contributed by atoms with E-state index in [-0.39, 0.29) is 30.2 Å². The lowest BCUT2D eigenvalue weighted by atomic mass is 9.97. The monoisotopic (exact) mass is 419 g/mol. The Morgan fingerprint density at radius 2 is 1.68 bits per heavy atom. The molecule has 0 radical (unpaired) electrons. The van der Waals surface area contributed by atoms with Gasteiger partial charge in [0, 0.05) is 18.7 Å². The smallest absolute Gasteiger partial charge is 0.247 e. The van der Waals surface area contributed by atoms with Crippen molar-refractivity contribution < 1.29 is 14.0 Å². The van der Waals surface area contributed by atoms with Crippen LogP contribution in [0.25, 0.3) is 5.69 Å². The van der Waals surface area contributed by atoms with Gasteiger partial charge in [0.1, 0.15) is 18.4 Å². The van der Waals surface area contributed by atoms with Gasteiger partial charge in [-0.05, 0) is 55.8 Å². The average Bonchev–Trinajstić information content (AvgIpc) is 3.26. The van der Waals surface area contributed by atoms with Crippen LogP contribution >= 0.6 is 0 Å². The second kappa shape index (κ2) is 8.38. The van der Waals surface area contributed by atoms with Crippen molar-refractivity contribution in [2.75, 3.05) is 11.4 Å². The van der Waals surface area contributed by atoms with Crippen LogP contribution in [-0.4, -0.2) is 33.9 Å². The Bertz CT molecular complexity index is 1100. The van der Waals surface area contributed by atoms with Gasteiger partial charge < -0.3 is 9.47 Å². The quantitative estimate of drug-likeness (QED) is 0.602. The molecule has 0 N–H and O–H groups in total. The largest absolute Gasteiger partial charge is 0.331 e. The van der Waals surface area contributed by atoms with E-state index in [4.69, 9.17) is 0 Å². The fraction of sp³-hybridized carbons (Fsp3) is 0.280. The van der Waals surface area contributed by atoms with Crippen molar-refractivity contribution in [1.82, 2.24) is 9.47 Å². The highest BCUT2D eigenvalue weighted by molar-refractivity contribution is 6.00. The van der Waals surface area contributed by atoms with Crippen LogP contribution in [0.5, 0.6) is 0 Å². The first kappa shape index (κ1) is 20.8. The predicted molar refractivity (Wildman–Crippen MR) is 119 cm³/mol. The molecular formula is C25H26FN3O2. The van der Waals surface area contributed by atoms with E-state index in [1.165, 1.54) is 12.1 Å². The summed E-state index contributed by atoms with van der Waals surface area (Å²) in [5, 5.41) is 0. The third-order valence-corrected chi connectivity index (χ3v) is 5.73. The highest BCUT2D eigenvalue weighted by atomic mass is 19.1. The topological polar surface area (TPSA) is 45.6 Å². The highest BCUT2D eigenvalue weighted by Gasteiger charge is 2.37. The average molecular weight is 420 g/mol. The van der Waals surface area contributed by atoms with Crippen LogP contribution in [0, 0.1) is 5.82 Å². The number of carbonyl (C=O) groups is 2. The second-order valence-electron chi connectivity index (χ2n) is 7.98. The van der Waals surface area contributed by atoms with E-state index in [1.807, 2.05) is 56.4 Å². The van der Waals surface area contributed by atoms with Gasteiger partial charge in [-0.1, -0.05) is 31.2 Å². The Kier molecular flexibility index (Phi) is 5.63. The number of para-hydroxylation sites is 2. The molecule has 1 aromatic heterocycles. The van der Waals surface area contributed by atoms with Crippen molar-refractivity contribution >= 4 is 17.5 Å². The number of benzene rings is 2. The fourth-order valence-electron chi connectivity index (χ4n) is 4.21. The van der Waals surface area contributed by atoms with Crippen molar-refractivity contribution in [3.05, 3.63) is 83.9 Å². The van der Waals surface area contributed by atoms with Gasteiger partial charge in [0.05, 0.1) is 17.1 Å². The van der Waals surface area contributed by atoms with Crippen LogP contribution < -0.4 is 4.90 Å². The Hall–Kier alpha value is -3.41. The van der Waals surface area contributed by atoms with Crippen LogP contribution in [0.15, 0.2) is 66.9 Å². The van der Waals surface area contributed by atoms with Gasteiger partial charge in [-0.3, -0.25) is 14.5 Å². The molecule has 2 aromatic carbocycles. The standard InChI is InChI=1S/C25H26FN3O2/c1-4-23(30)28(17(2)3)16-24(31)29-21-9-6-5-8-20(21)27-15-7-10-22(27)25(29)18-11-13-19(26)14-12-18/h5-15,17,25H,4,16H2,1-3H3. The maximum atomic E-state index is 13.7. The van der Waals surface area contributed by atoms with Crippen molar-refractivity contribution in [3.63, 3.8) is 0 Å². The molecule has 1 aliphatic rings. The third kappa shape index (κ3) is 3.74. The van der Waals surface area contributed by atoms with Crippen LogP contribution in [0.4, 0.5) is 10.1 Å². The molecule has 4 rings (SSSR count). The van der Waals surface area contributed by atoms with Crippen molar-refractivity contribution in [2.45, 2.75) is 39.3 Å². The molecule has 0 saturated carbocycles. The molecule has 0 aliphatic carbocycles. The molecule has 1 unspecified atom stereocenters. The minimum atomic E-state index is -0.427. The first-order chi connectivity index (χ1) is 14.9. The summed E-state index contributed by atoms with van der Waals surface area (Å²) in [4.78, 5) is 29.6. The Balaban J connectivity index is 1.83. The van der Waals surface area contributed by atoms with Gasteiger partial charge >= 0.3 is 0 Å². The minimum absolute atomic E-state index is 0.0168. The predicted octanol–water partition coefficient (Wildman–Crippen LogP) is 4.70. The molecule has 2 heterocycles. The molecule has 2 amide bonds. The van der Waals surface area contributed by atoms with Gasteiger partial charge in [0.2, 0.25) is 11.8 Å². The van der Waals surface area contributed by atoms with Gasteiger partial charge in [-0.2, -0.15) is 0 Å². The summed E-state index contributed by atoms with van der Waals surface area (Å²) in [5.74, 6) is -0.562. The lowest BCUT2D eigenvalue weighted by Crippen LogP contribution is -2.48. The molecule has 0 bridgehead atoms. The summed E-state index contributed by atoms with van der Waals surface area (Å²) >= 11 is 0. The molecule has 0 saturated heterocycles. The third-order valence-electron chi connectivity index (χ3n) is 5.73. The number of fused-ring (bicyclic) bond motifs is 3. The van der Waals surface area contributed by atoms with E-state index >= 15 is 0 Å². The lowest BCUT2D eigenvalue weighted by Gasteiger charge is -2.40. The lowest BCUT2D eigenvalue weighted by molar-refractivity contribution is -0.136. The molecule has 0 spiro atoms. The summed E-state index contributed by atoms with van der Waals surface area (Å²) in [6.45, 7) is 5.60. The number of halogens is 1. The van der Waals surface area contributed by atoms with Gasteiger partial charge in [-0.15, -0.1) is 0 Å². The number of hydrogen-bond donors (Lipinski definition) is 0. The van der Waals surface area contributed by atoms with Crippen LogP contribution in [0.1, 0.15) is 44.5 Å². The first-order valence-corrected chi connectivity index (χ1v) is 10.6. The van der Waals surface area contributed by atoms with E-state index in [9.17, 15) is 14.0 Å². The van der Waals surface area contributed by atoms with E-state index < -0.39 is 6.04 Å². The zero-order chi connectivity index (χ0) is 22.1. The summed E-state index contributed by atoms with van der Waals surface area (Å²) in [7, 11) is 0. The zero-order valence-electron chi connectivity index (χ0n) is 18.0. The number of aromatic nitrogens is 1. The number of amides is 2. The van der Waals surface area contributed by atoms with Crippen molar-refractivity contribution in [3.8, 4) is 5.69 Å². The molecule has 6 heteroatoms. The molecule has 5 nitrogen and oxygen atoms in total. The Labute approximate surface area is 181 Å². The molecule has 160 valence electrons. The number of anilines is 1. The van der Waals surface area contributed by atoms with Crippen LogP contribution in [0.3, 0.4) is 0 Å². The SMILES string of the molecule is CCC(=O)N(CC(=O)N1c2ccccc2-n2cccc2C1c1ccc(F)cc1)C(C)C. The number of rotatable bonds is 5. The van der Waals surface area contributed by atoms with Crippen molar-refractivity contribution in [1.29, 1.82) is 0 Å². The van der Waals surface area contributed by atoms with Gasteiger partial charge in [-0.25, -0.2) is 4.39 Å². The van der Waals surface area contributed by atoms with E-state index in [0.29, 0.717) is 6.42 Å². The van der Waals surface area contributed by atoms with E-state index in [0.717, 1.165) is 22.6 Å². The molecule has 1 aliphatic heterocycles. The molecular weight excluding hydrogens is 393 g/mol. The summed E-state index contributed by atoms with van der Waals surface area (Å²) in [6, 6.07) is 17.3. The molecule has 31 heavy (non-hydrogen) atoms. The molecule has 1 atom stereocenters. The number of hydrogen-bond acceptors (Lipinski definition) is 2. The van der Waals surface area contributed by atoms with Gasteiger partial charge in [0.25, 0.3) is 0 Å². The number of nitrogens with zero attached hydrogens (tertiary/aromatic N) is 3. The van der Waals surface area contributed by atoms with Crippen LogP contribution in [-0.2, 0) is 9.59 Å².